The highest BCUT2D eigenvalue weighted by Gasteiger charge is 2.51. The van der Waals surface area contributed by atoms with Crippen molar-refractivity contribution in [3.63, 3.8) is 0 Å². The average molecular weight is 298 g/mol. The maximum Gasteiger partial charge on any atom is 0.251 e. The predicted molar refractivity (Wildman–Crippen MR) is 84.5 cm³/mol. The smallest absolute Gasteiger partial charge is 0.251 e. The van der Waals surface area contributed by atoms with Crippen LogP contribution in [-0.2, 0) is 4.79 Å². The predicted octanol–water partition coefficient (Wildman–Crippen LogP) is 2.95. The molecule has 4 fully saturated rings. The zero-order chi connectivity index (χ0) is 15.2. The van der Waals surface area contributed by atoms with Gasteiger partial charge in [-0.3, -0.25) is 9.59 Å². The molecule has 1 aromatic carbocycles. The van der Waals surface area contributed by atoms with Gasteiger partial charge in [0.2, 0.25) is 6.41 Å². The van der Waals surface area contributed by atoms with Gasteiger partial charge in [0.15, 0.2) is 0 Å². The molecule has 0 heterocycles. The minimum Gasteiger partial charge on any atom is -0.347 e. The highest BCUT2D eigenvalue weighted by atomic mass is 16.2. The Morgan fingerprint density at radius 3 is 2.05 bits per heavy atom. The second-order valence-electron chi connectivity index (χ2n) is 7.49. The lowest BCUT2D eigenvalue weighted by Crippen LogP contribution is -2.59. The van der Waals surface area contributed by atoms with E-state index in [1.165, 1.54) is 19.3 Å². The van der Waals surface area contributed by atoms with Crippen LogP contribution in [0.3, 0.4) is 0 Å². The van der Waals surface area contributed by atoms with E-state index in [2.05, 4.69) is 10.6 Å². The topological polar surface area (TPSA) is 58.2 Å². The first kappa shape index (κ1) is 13.8. The Bertz CT molecular complexity index is 558. The molecule has 4 aliphatic rings. The SMILES string of the molecule is O=CNc1ccc(C(=O)NC23CC4CC(CC(C4)C2)C3)cc1. The van der Waals surface area contributed by atoms with Crippen LogP contribution in [0.1, 0.15) is 48.9 Å². The molecule has 5 rings (SSSR count). The van der Waals surface area contributed by atoms with Gasteiger partial charge in [0.25, 0.3) is 5.91 Å². The summed E-state index contributed by atoms with van der Waals surface area (Å²) >= 11 is 0. The van der Waals surface area contributed by atoms with E-state index in [0.29, 0.717) is 17.7 Å². The van der Waals surface area contributed by atoms with Crippen molar-refractivity contribution < 1.29 is 9.59 Å². The molecular weight excluding hydrogens is 276 g/mol. The van der Waals surface area contributed by atoms with Gasteiger partial charge in [-0.2, -0.15) is 0 Å². The molecule has 22 heavy (non-hydrogen) atoms. The van der Waals surface area contributed by atoms with E-state index in [0.717, 1.165) is 37.0 Å². The Morgan fingerprint density at radius 2 is 1.55 bits per heavy atom. The van der Waals surface area contributed by atoms with Gasteiger partial charge in [-0.05, 0) is 80.5 Å². The molecule has 4 aliphatic carbocycles. The summed E-state index contributed by atoms with van der Waals surface area (Å²) < 4.78 is 0. The van der Waals surface area contributed by atoms with Gasteiger partial charge in [-0.15, -0.1) is 0 Å². The van der Waals surface area contributed by atoms with Crippen molar-refractivity contribution in [2.75, 3.05) is 5.32 Å². The molecule has 0 unspecified atom stereocenters. The number of carbonyl (C=O) groups excluding carboxylic acids is 2. The highest BCUT2D eigenvalue weighted by Crippen LogP contribution is 2.55. The first-order valence-electron chi connectivity index (χ1n) is 8.28. The van der Waals surface area contributed by atoms with Crippen molar-refractivity contribution in [1.82, 2.24) is 5.32 Å². The number of hydrogen-bond donors (Lipinski definition) is 2. The number of anilines is 1. The van der Waals surface area contributed by atoms with Crippen LogP contribution in [0.4, 0.5) is 5.69 Å². The van der Waals surface area contributed by atoms with Crippen molar-refractivity contribution in [2.45, 2.75) is 44.1 Å². The van der Waals surface area contributed by atoms with E-state index in [1.54, 1.807) is 24.3 Å². The maximum atomic E-state index is 12.6. The van der Waals surface area contributed by atoms with Crippen molar-refractivity contribution >= 4 is 18.0 Å². The molecule has 4 bridgehead atoms. The molecular formula is C18H22N2O2. The molecule has 2 amide bonds. The number of hydrogen-bond acceptors (Lipinski definition) is 2. The van der Waals surface area contributed by atoms with Crippen LogP contribution in [0.25, 0.3) is 0 Å². The highest BCUT2D eigenvalue weighted by molar-refractivity contribution is 5.95. The molecule has 4 heteroatoms. The minimum atomic E-state index is 0.0274. The summed E-state index contributed by atoms with van der Waals surface area (Å²) in [6.07, 6.45) is 8.26. The lowest BCUT2D eigenvalue weighted by atomic mass is 9.53. The second kappa shape index (κ2) is 5.11. The molecule has 1 aromatic rings. The lowest BCUT2D eigenvalue weighted by Gasteiger charge is -2.56. The van der Waals surface area contributed by atoms with Crippen molar-refractivity contribution in [3.05, 3.63) is 29.8 Å². The van der Waals surface area contributed by atoms with Crippen LogP contribution >= 0.6 is 0 Å². The number of rotatable bonds is 4. The van der Waals surface area contributed by atoms with Crippen LogP contribution in [0.15, 0.2) is 24.3 Å². The van der Waals surface area contributed by atoms with Gasteiger partial charge < -0.3 is 10.6 Å². The van der Waals surface area contributed by atoms with Crippen molar-refractivity contribution in [2.24, 2.45) is 17.8 Å². The molecule has 0 aliphatic heterocycles. The van der Waals surface area contributed by atoms with E-state index in [4.69, 9.17) is 0 Å². The monoisotopic (exact) mass is 298 g/mol. The van der Waals surface area contributed by atoms with E-state index in [-0.39, 0.29) is 11.4 Å². The van der Waals surface area contributed by atoms with Gasteiger partial charge in [-0.1, -0.05) is 0 Å². The fraction of sp³-hybridized carbons (Fsp3) is 0.556. The second-order valence-corrected chi connectivity index (χ2v) is 7.49. The van der Waals surface area contributed by atoms with Crippen LogP contribution in [-0.4, -0.2) is 17.9 Å². The number of carbonyl (C=O) groups is 2. The minimum absolute atomic E-state index is 0.0274. The van der Waals surface area contributed by atoms with Gasteiger partial charge in [0.05, 0.1) is 0 Å². The summed E-state index contributed by atoms with van der Waals surface area (Å²) in [6, 6.07) is 7.09. The molecule has 116 valence electrons. The van der Waals surface area contributed by atoms with Crippen LogP contribution in [0, 0.1) is 17.8 Å². The third-order valence-corrected chi connectivity index (χ3v) is 5.79. The summed E-state index contributed by atoms with van der Waals surface area (Å²) in [5, 5.41) is 5.95. The Labute approximate surface area is 130 Å². The Hall–Kier alpha value is -1.84. The number of amides is 2. The first-order valence-corrected chi connectivity index (χ1v) is 8.28. The Morgan fingerprint density at radius 1 is 1.00 bits per heavy atom. The lowest BCUT2D eigenvalue weighted by molar-refractivity contribution is -0.105. The van der Waals surface area contributed by atoms with Crippen LogP contribution < -0.4 is 10.6 Å². The fourth-order valence-electron chi connectivity index (χ4n) is 5.36. The van der Waals surface area contributed by atoms with Crippen LogP contribution in [0.2, 0.25) is 0 Å². The zero-order valence-corrected chi connectivity index (χ0v) is 12.7. The van der Waals surface area contributed by atoms with Crippen molar-refractivity contribution in [1.29, 1.82) is 0 Å². The fourth-order valence-corrected chi connectivity index (χ4v) is 5.36. The molecule has 0 aromatic heterocycles. The quantitative estimate of drug-likeness (QED) is 0.840. The van der Waals surface area contributed by atoms with E-state index in [9.17, 15) is 9.59 Å². The third kappa shape index (κ3) is 2.40. The van der Waals surface area contributed by atoms with Crippen LogP contribution in [0.5, 0.6) is 0 Å². The molecule has 0 spiro atoms. The average Bonchev–Trinajstić information content (AvgIpc) is 2.46. The number of nitrogens with one attached hydrogen (secondary N) is 2. The first-order chi connectivity index (χ1) is 10.7. The zero-order valence-electron chi connectivity index (χ0n) is 12.7. The van der Waals surface area contributed by atoms with Gasteiger partial charge >= 0.3 is 0 Å². The molecule has 2 N–H and O–H groups in total. The molecule has 0 radical (unpaired) electrons. The normalized spacial score (nSPS) is 35.2. The van der Waals surface area contributed by atoms with Crippen molar-refractivity contribution in [3.8, 4) is 0 Å². The summed E-state index contributed by atoms with van der Waals surface area (Å²) in [6.45, 7) is 0. The summed E-state index contributed by atoms with van der Waals surface area (Å²) in [5.74, 6) is 2.50. The largest absolute Gasteiger partial charge is 0.347 e. The summed E-state index contributed by atoms with van der Waals surface area (Å²) in [7, 11) is 0. The molecule has 4 nitrogen and oxygen atoms in total. The molecule has 4 saturated carbocycles. The van der Waals surface area contributed by atoms with E-state index in [1.807, 2.05) is 0 Å². The van der Waals surface area contributed by atoms with E-state index < -0.39 is 0 Å². The third-order valence-electron chi connectivity index (χ3n) is 5.79. The van der Waals surface area contributed by atoms with Gasteiger partial charge in [0.1, 0.15) is 0 Å². The van der Waals surface area contributed by atoms with Gasteiger partial charge in [-0.25, -0.2) is 0 Å². The maximum absolute atomic E-state index is 12.6. The Kier molecular flexibility index (Phi) is 3.21. The Balaban J connectivity index is 1.48. The standard InChI is InChI=1S/C18H22N2O2/c21-11-19-16-3-1-15(2-4-16)17(22)20-18-8-12-5-13(9-18)7-14(6-12)10-18/h1-4,11-14H,5-10H2,(H,19,21)(H,20,22). The summed E-state index contributed by atoms with van der Waals surface area (Å²) in [4.78, 5) is 23.0. The van der Waals surface area contributed by atoms with Gasteiger partial charge in [0, 0.05) is 16.8 Å². The summed E-state index contributed by atoms with van der Waals surface area (Å²) in [5.41, 5.74) is 1.43. The van der Waals surface area contributed by atoms with E-state index >= 15 is 0 Å². The molecule has 0 atom stereocenters. The molecule has 0 saturated heterocycles. The number of benzene rings is 1.